The number of hydrogen-bond acceptors (Lipinski definition) is 2. The molecule has 0 saturated heterocycles. The van der Waals surface area contributed by atoms with Crippen LogP contribution in [0.15, 0.2) is 24.3 Å². The van der Waals surface area contributed by atoms with Crippen molar-refractivity contribution in [3.63, 3.8) is 0 Å². The van der Waals surface area contributed by atoms with Crippen LogP contribution in [0, 0.1) is 5.92 Å². The maximum Gasteiger partial charge on any atom is 0.120 e. The first-order chi connectivity index (χ1) is 8.78. The Labute approximate surface area is 111 Å². The molecule has 1 aromatic carbocycles. The van der Waals surface area contributed by atoms with Gasteiger partial charge in [-0.15, -0.1) is 0 Å². The predicted octanol–water partition coefficient (Wildman–Crippen LogP) is 3.75. The van der Waals surface area contributed by atoms with Crippen molar-refractivity contribution < 1.29 is 4.74 Å². The zero-order valence-electron chi connectivity index (χ0n) is 11.6. The van der Waals surface area contributed by atoms with Crippen molar-refractivity contribution in [1.82, 2.24) is 5.32 Å². The number of nitrogens with one attached hydrogen (secondary N) is 1. The molecule has 2 heteroatoms. The molecule has 0 aliphatic heterocycles. The number of benzene rings is 1. The van der Waals surface area contributed by atoms with Crippen LogP contribution in [0.1, 0.15) is 45.1 Å². The Morgan fingerprint density at radius 3 is 3.00 bits per heavy atom. The van der Waals surface area contributed by atoms with Crippen LogP contribution in [-0.4, -0.2) is 12.6 Å². The van der Waals surface area contributed by atoms with Crippen molar-refractivity contribution >= 4 is 0 Å². The molecule has 1 N–H and O–H groups in total. The Morgan fingerprint density at radius 1 is 1.33 bits per heavy atom. The third kappa shape index (κ3) is 4.02. The van der Waals surface area contributed by atoms with Gasteiger partial charge in [-0.2, -0.15) is 0 Å². The lowest BCUT2D eigenvalue weighted by atomic mass is 9.89. The summed E-state index contributed by atoms with van der Waals surface area (Å²) >= 11 is 0. The molecule has 2 unspecified atom stereocenters. The van der Waals surface area contributed by atoms with Crippen LogP contribution in [0.2, 0.25) is 0 Å². The van der Waals surface area contributed by atoms with Crippen LogP contribution in [0.4, 0.5) is 0 Å². The van der Waals surface area contributed by atoms with Crippen molar-refractivity contribution in [1.29, 1.82) is 0 Å². The summed E-state index contributed by atoms with van der Waals surface area (Å²) in [7, 11) is 0. The Bertz CT molecular complexity index is 364. The second kappa shape index (κ2) is 6.79. The molecule has 0 spiro atoms. The lowest BCUT2D eigenvalue weighted by Gasteiger charge is -2.27. The summed E-state index contributed by atoms with van der Waals surface area (Å²) in [5.74, 6) is 1.85. The fourth-order valence-electron chi connectivity index (χ4n) is 2.68. The molecule has 1 aromatic rings. The fraction of sp³-hybridized carbons (Fsp3) is 0.625. The van der Waals surface area contributed by atoms with Gasteiger partial charge in [0.2, 0.25) is 0 Å². The van der Waals surface area contributed by atoms with Gasteiger partial charge < -0.3 is 10.1 Å². The van der Waals surface area contributed by atoms with E-state index in [0.717, 1.165) is 24.8 Å². The minimum atomic E-state index is 0.420. The molecule has 1 aliphatic rings. The highest BCUT2D eigenvalue weighted by molar-refractivity contribution is 5.28. The summed E-state index contributed by atoms with van der Waals surface area (Å²) in [6.45, 7) is 6.39. The molecule has 1 aliphatic carbocycles. The van der Waals surface area contributed by atoms with Crippen LogP contribution in [0.25, 0.3) is 0 Å². The first kappa shape index (κ1) is 13.4. The van der Waals surface area contributed by atoms with Gasteiger partial charge in [0.25, 0.3) is 0 Å². The van der Waals surface area contributed by atoms with Crippen LogP contribution in [0.5, 0.6) is 5.75 Å². The van der Waals surface area contributed by atoms with Gasteiger partial charge in [-0.25, -0.2) is 0 Å². The van der Waals surface area contributed by atoms with E-state index in [-0.39, 0.29) is 0 Å². The predicted molar refractivity (Wildman–Crippen MR) is 75.9 cm³/mol. The second-order valence-electron chi connectivity index (χ2n) is 5.44. The van der Waals surface area contributed by atoms with Crippen molar-refractivity contribution in [3.8, 4) is 5.75 Å². The average Bonchev–Trinajstić information content (AvgIpc) is 2.37. The minimum Gasteiger partial charge on any atom is -0.490 e. The number of rotatable bonds is 5. The molecule has 2 atom stereocenters. The highest BCUT2D eigenvalue weighted by Crippen LogP contribution is 2.27. The molecule has 0 heterocycles. The maximum atomic E-state index is 6.12. The zero-order valence-corrected chi connectivity index (χ0v) is 11.6. The maximum absolute atomic E-state index is 6.12. The number of hydrogen-bond donors (Lipinski definition) is 1. The van der Waals surface area contributed by atoms with E-state index < -0.39 is 0 Å². The van der Waals surface area contributed by atoms with Crippen LogP contribution in [-0.2, 0) is 6.54 Å². The van der Waals surface area contributed by atoms with Gasteiger partial charge in [0.1, 0.15) is 5.75 Å². The molecule has 2 rings (SSSR count). The topological polar surface area (TPSA) is 21.3 Å². The van der Waals surface area contributed by atoms with E-state index in [2.05, 4.69) is 43.4 Å². The van der Waals surface area contributed by atoms with E-state index in [4.69, 9.17) is 4.74 Å². The van der Waals surface area contributed by atoms with Gasteiger partial charge in [0.15, 0.2) is 0 Å². The lowest BCUT2D eigenvalue weighted by molar-refractivity contribution is 0.129. The molecule has 0 bridgehead atoms. The highest BCUT2D eigenvalue weighted by atomic mass is 16.5. The van der Waals surface area contributed by atoms with E-state index in [1.54, 1.807) is 0 Å². The molecule has 18 heavy (non-hydrogen) atoms. The van der Waals surface area contributed by atoms with Crippen LogP contribution >= 0.6 is 0 Å². The quantitative estimate of drug-likeness (QED) is 0.855. The van der Waals surface area contributed by atoms with E-state index in [1.165, 1.54) is 31.2 Å². The minimum absolute atomic E-state index is 0.420. The fourth-order valence-corrected chi connectivity index (χ4v) is 2.68. The Balaban J connectivity index is 1.91. The lowest BCUT2D eigenvalue weighted by Crippen LogP contribution is -2.24. The third-order valence-corrected chi connectivity index (χ3v) is 3.67. The zero-order chi connectivity index (χ0) is 12.8. The van der Waals surface area contributed by atoms with Crippen molar-refractivity contribution in [3.05, 3.63) is 29.8 Å². The molecular weight excluding hydrogens is 222 g/mol. The molecule has 1 saturated carbocycles. The summed E-state index contributed by atoms with van der Waals surface area (Å²) in [4.78, 5) is 0. The van der Waals surface area contributed by atoms with E-state index in [0.29, 0.717) is 6.10 Å². The van der Waals surface area contributed by atoms with E-state index in [1.807, 2.05) is 0 Å². The van der Waals surface area contributed by atoms with Crippen LogP contribution in [0.3, 0.4) is 0 Å². The van der Waals surface area contributed by atoms with Gasteiger partial charge in [-0.1, -0.05) is 32.4 Å². The first-order valence-electron chi connectivity index (χ1n) is 7.24. The summed E-state index contributed by atoms with van der Waals surface area (Å²) in [5, 5.41) is 3.35. The van der Waals surface area contributed by atoms with Gasteiger partial charge in [0.05, 0.1) is 6.10 Å². The molecule has 0 aromatic heterocycles. The standard InChI is InChI=1S/C16H25NO/c1-3-17-12-14-7-5-9-16(11-14)18-15-8-4-6-13(2)10-15/h5,7,9,11,13,15,17H,3-4,6,8,10,12H2,1-2H3. The number of ether oxygens (including phenoxy) is 1. The highest BCUT2D eigenvalue weighted by Gasteiger charge is 2.20. The van der Waals surface area contributed by atoms with Crippen molar-refractivity contribution in [2.75, 3.05) is 6.54 Å². The van der Waals surface area contributed by atoms with E-state index in [9.17, 15) is 0 Å². The van der Waals surface area contributed by atoms with E-state index >= 15 is 0 Å². The van der Waals surface area contributed by atoms with Gasteiger partial charge in [-0.3, -0.25) is 0 Å². The van der Waals surface area contributed by atoms with Crippen LogP contribution < -0.4 is 10.1 Å². The summed E-state index contributed by atoms with van der Waals surface area (Å²) in [6.07, 6.45) is 5.51. The Hall–Kier alpha value is -1.02. The van der Waals surface area contributed by atoms with Crippen molar-refractivity contribution in [2.45, 2.75) is 52.2 Å². The van der Waals surface area contributed by atoms with Gasteiger partial charge in [-0.05, 0) is 49.4 Å². The molecule has 0 radical (unpaired) electrons. The largest absolute Gasteiger partial charge is 0.490 e. The smallest absolute Gasteiger partial charge is 0.120 e. The molecule has 1 fully saturated rings. The summed E-state index contributed by atoms with van der Waals surface area (Å²) in [5.41, 5.74) is 1.30. The third-order valence-electron chi connectivity index (χ3n) is 3.67. The molecular formula is C16H25NO. The Kier molecular flexibility index (Phi) is 5.06. The average molecular weight is 247 g/mol. The molecule has 100 valence electrons. The summed E-state index contributed by atoms with van der Waals surface area (Å²) in [6, 6.07) is 8.49. The van der Waals surface area contributed by atoms with Gasteiger partial charge >= 0.3 is 0 Å². The SMILES string of the molecule is CCNCc1cccc(OC2CCCC(C)C2)c1. The molecule has 0 amide bonds. The van der Waals surface area contributed by atoms with Crippen molar-refractivity contribution in [2.24, 2.45) is 5.92 Å². The monoisotopic (exact) mass is 247 g/mol. The summed E-state index contributed by atoms with van der Waals surface area (Å²) < 4.78 is 6.12. The van der Waals surface area contributed by atoms with Gasteiger partial charge in [0, 0.05) is 6.54 Å². The Morgan fingerprint density at radius 2 is 2.22 bits per heavy atom. The molecule has 2 nitrogen and oxygen atoms in total. The first-order valence-corrected chi connectivity index (χ1v) is 7.24. The second-order valence-corrected chi connectivity index (χ2v) is 5.44. The normalized spacial score (nSPS) is 23.9.